The number of fused-ring (bicyclic) bond motifs is 1. The van der Waals surface area contributed by atoms with E-state index in [4.69, 9.17) is 4.98 Å². The standard InChI is InChI=1S/C28H26F2N8OS/c1-36(2)9-10-38-14-23(18-3-4-21(29)22(30)11-18)34-26(38)17-5-7-37(8-6-17)27-24-20(12-19-13-31-16-40-19)28(39)35-25(24)32-15-33-27/h3-5,11-16H,6-10H2,1-2H3,(H,32,33,35,39)/b20-12-. The number of halogens is 2. The molecule has 0 saturated carbocycles. The Labute approximate surface area is 233 Å². The van der Waals surface area contributed by atoms with Crippen LogP contribution in [-0.2, 0) is 11.3 Å². The van der Waals surface area contributed by atoms with E-state index in [2.05, 4.69) is 40.7 Å². The Morgan fingerprint density at radius 2 is 2.08 bits per heavy atom. The molecule has 2 aliphatic rings. The molecular weight excluding hydrogens is 534 g/mol. The van der Waals surface area contributed by atoms with Gasteiger partial charge >= 0.3 is 0 Å². The highest BCUT2D eigenvalue weighted by atomic mass is 32.1. The summed E-state index contributed by atoms with van der Waals surface area (Å²) in [6, 6.07) is 3.84. The maximum atomic E-state index is 14.0. The Morgan fingerprint density at radius 1 is 1.20 bits per heavy atom. The Balaban J connectivity index is 1.31. The number of hydrogen-bond acceptors (Lipinski definition) is 8. The van der Waals surface area contributed by atoms with Gasteiger partial charge in [-0.25, -0.2) is 23.7 Å². The van der Waals surface area contributed by atoms with Gasteiger partial charge in [-0.2, -0.15) is 0 Å². The second kappa shape index (κ2) is 10.7. The number of aromatic nitrogens is 5. The molecule has 5 heterocycles. The number of benzene rings is 1. The van der Waals surface area contributed by atoms with Gasteiger partial charge in [0, 0.05) is 49.0 Å². The number of thiazole rings is 1. The van der Waals surface area contributed by atoms with E-state index in [1.165, 1.54) is 23.7 Å². The predicted molar refractivity (Wildman–Crippen MR) is 152 cm³/mol. The lowest BCUT2D eigenvalue weighted by molar-refractivity contribution is -0.110. The third kappa shape index (κ3) is 5.03. The topological polar surface area (TPSA) is 92.1 Å². The van der Waals surface area contributed by atoms with Gasteiger partial charge in [0.05, 0.1) is 22.3 Å². The number of imidazole rings is 1. The molecule has 0 bridgehead atoms. The molecule has 0 atom stereocenters. The largest absolute Gasteiger partial charge is 0.352 e. The summed E-state index contributed by atoms with van der Waals surface area (Å²) in [5.41, 5.74) is 5.10. The number of likely N-dealkylation sites (N-methyl/N-ethyl adjacent to an activating group) is 1. The van der Waals surface area contributed by atoms with Crippen LogP contribution in [0.1, 0.15) is 22.7 Å². The Bertz CT molecular complexity index is 1640. The summed E-state index contributed by atoms with van der Waals surface area (Å²) in [6.07, 6.45) is 9.69. The fourth-order valence-corrected chi connectivity index (χ4v) is 5.38. The summed E-state index contributed by atoms with van der Waals surface area (Å²) >= 11 is 1.45. The number of carbonyl (C=O) groups excluding carboxylic acids is 1. The molecule has 0 fully saturated rings. The predicted octanol–water partition coefficient (Wildman–Crippen LogP) is 4.42. The van der Waals surface area contributed by atoms with Crippen LogP contribution in [0.15, 0.2) is 48.5 Å². The Kier molecular flexibility index (Phi) is 6.95. The van der Waals surface area contributed by atoms with Gasteiger partial charge < -0.3 is 19.7 Å². The highest BCUT2D eigenvalue weighted by Gasteiger charge is 2.32. The van der Waals surface area contributed by atoms with Crippen LogP contribution in [0.25, 0.3) is 28.5 Å². The summed E-state index contributed by atoms with van der Waals surface area (Å²) in [6.45, 7) is 2.70. The molecule has 1 N–H and O–H groups in total. The molecule has 1 amide bonds. The van der Waals surface area contributed by atoms with Crippen molar-refractivity contribution in [3.05, 3.63) is 76.4 Å². The Hall–Kier alpha value is -4.29. The summed E-state index contributed by atoms with van der Waals surface area (Å²) < 4.78 is 29.6. The lowest BCUT2D eigenvalue weighted by Gasteiger charge is -2.28. The van der Waals surface area contributed by atoms with Crippen molar-refractivity contribution in [3.63, 3.8) is 0 Å². The van der Waals surface area contributed by atoms with Crippen LogP contribution >= 0.6 is 11.3 Å². The Morgan fingerprint density at radius 3 is 2.80 bits per heavy atom. The zero-order chi connectivity index (χ0) is 27.8. The first-order valence-corrected chi connectivity index (χ1v) is 13.6. The molecule has 1 aromatic carbocycles. The molecule has 3 aromatic heterocycles. The van der Waals surface area contributed by atoms with E-state index < -0.39 is 11.6 Å². The van der Waals surface area contributed by atoms with E-state index in [1.54, 1.807) is 17.8 Å². The van der Waals surface area contributed by atoms with Gasteiger partial charge in [0.15, 0.2) is 11.6 Å². The SMILES string of the molecule is CN(C)CCn1cc(-c2ccc(F)c(F)c2)nc1C1=CCN(c2ncnc3c2/C(=C/c2cncs2)C(=O)N3)CC1. The maximum Gasteiger partial charge on any atom is 0.257 e. The van der Waals surface area contributed by atoms with E-state index in [9.17, 15) is 13.6 Å². The van der Waals surface area contributed by atoms with Crippen LogP contribution in [-0.4, -0.2) is 69.0 Å². The summed E-state index contributed by atoms with van der Waals surface area (Å²) in [5, 5.41) is 2.85. The van der Waals surface area contributed by atoms with E-state index in [1.807, 2.05) is 26.4 Å². The van der Waals surface area contributed by atoms with E-state index in [0.29, 0.717) is 60.1 Å². The number of hydrogen-bond donors (Lipinski definition) is 1. The molecular formula is C28H26F2N8OS. The molecule has 6 rings (SSSR count). The smallest absolute Gasteiger partial charge is 0.257 e. The third-order valence-electron chi connectivity index (χ3n) is 6.89. The van der Waals surface area contributed by atoms with E-state index in [0.717, 1.165) is 28.9 Å². The summed E-state index contributed by atoms with van der Waals surface area (Å²) in [5.74, 6) is -0.0144. The monoisotopic (exact) mass is 560 g/mol. The van der Waals surface area contributed by atoms with E-state index in [-0.39, 0.29) is 5.91 Å². The fourth-order valence-electron chi connectivity index (χ4n) is 4.83. The van der Waals surface area contributed by atoms with Gasteiger partial charge in [0.25, 0.3) is 5.91 Å². The number of rotatable bonds is 7. The van der Waals surface area contributed by atoms with Crippen LogP contribution in [0.5, 0.6) is 0 Å². The van der Waals surface area contributed by atoms with E-state index >= 15 is 0 Å². The van der Waals surface area contributed by atoms with Crippen molar-refractivity contribution in [2.24, 2.45) is 0 Å². The van der Waals surface area contributed by atoms with Gasteiger partial charge in [-0.05, 0) is 50.4 Å². The average Bonchev–Trinajstić information content (AvgIpc) is 3.69. The number of amides is 1. The lowest BCUT2D eigenvalue weighted by Crippen LogP contribution is -2.30. The number of carbonyl (C=O) groups is 1. The number of nitrogens with one attached hydrogen (secondary N) is 1. The minimum Gasteiger partial charge on any atom is -0.352 e. The number of nitrogens with zero attached hydrogens (tertiary/aromatic N) is 7. The summed E-state index contributed by atoms with van der Waals surface area (Å²) in [4.78, 5) is 35.7. The van der Waals surface area contributed by atoms with Gasteiger partial charge in [0.1, 0.15) is 23.8 Å². The van der Waals surface area contributed by atoms with Gasteiger partial charge in [0.2, 0.25) is 0 Å². The maximum absolute atomic E-state index is 14.0. The van der Waals surface area contributed by atoms with Crippen LogP contribution in [0, 0.1) is 11.6 Å². The fraction of sp³-hybridized carbons (Fsp3) is 0.250. The highest BCUT2D eigenvalue weighted by molar-refractivity contribution is 7.10. The van der Waals surface area contributed by atoms with Crippen molar-refractivity contribution in [3.8, 4) is 11.3 Å². The number of anilines is 2. The third-order valence-corrected chi connectivity index (χ3v) is 7.61. The molecule has 2 aliphatic heterocycles. The minimum absolute atomic E-state index is 0.217. The highest BCUT2D eigenvalue weighted by Crippen LogP contribution is 2.39. The molecule has 40 heavy (non-hydrogen) atoms. The van der Waals surface area contributed by atoms with Crippen molar-refractivity contribution in [2.75, 3.05) is 43.9 Å². The zero-order valence-electron chi connectivity index (χ0n) is 21.9. The molecule has 204 valence electrons. The van der Waals surface area contributed by atoms with Crippen LogP contribution in [0.3, 0.4) is 0 Å². The molecule has 4 aromatic rings. The molecule has 0 radical (unpaired) electrons. The first-order chi connectivity index (χ1) is 19.4. The molecule has 0 aliphatic carbocycles. The zero-order valence-corrected chi connectivity index (χ0v) is 22.8. The van der Waals surface area contributed by atoms with Crippen molar-refractivity contribution >= 4 is 46.1 Å². The minimum atomic E-state index is -0.900. The van der Waals surface area contributed by atoms with Crippen molar-refractivity contribution in [2.45, 2.75) is 13.0 Å². The van der Waals surface area contributed by atoms with Crippen LogP contribution < -0.4 is 10.2 Å². The van der Waals surface area contributed by atoms with Crippen LogP contribution in [0.4, 0.5) is 20.4 Å². The van der Waals surface area contributed by atoms with Gasteiger partial charge in [-0.1, -0.05) is 6.08 Å². The van der Waals surface area contributed by atoms with Gasteiger partial charge in [-0.3, -0.25) is 9.78 Å². The molecule has 12 heteroatoms. The van der Waals surface area contributed by atoms with Crippen molar-refractivity contribution in [1.29, 1.82) is 0 Å². The summed E-state index contributed by atoms with van der Waals surface area (Å²) in [7, 11) is 4.00. The van der Waals surface area contributed by atoms with Crippen molar-refractivity contribution in [1.82, 2.24) is 29.4 Å². The second-order valence-corrected chi connectivity index (χ2v) is 10.8. The van der Waals surface area contributed by atoms with Crippen molar-refractivity contribution < 1.29 is 13.6 Å². The normalized spacial score (nSPS) is 16.0. The first kappa shape index (κ1) is 26.0. The molecule has 0 saturated heterocycles. The molecule has 0 unspecified atom stereocenters. The quantitative estimate of drug-likeness (QED) is 0.335. The molecule has 9 nitrogen and oxygen atoms in total. The van der Waals surface area contributed by atoms with Crippen LogP contribution in [0.2, 0.25) is 0 Å². The van der Waals surface area contributed by atoms with Gasteiger partial charge in [-0.15, -0.1) is 11.3 Å². The molecule has 0 spiro atoms. The second-order valence-electron chi connectivity index (χ2n) is 9.84. The average molecular weight is 561 g/mol. The lowest BCUT2D eigenvalue weighted by atomic mass is 10.0. The first-order valence-electron chi connectivity index (χ1n) is 12.8.